The van der Waals surface area contributed by atoms with Crippen LogP contribution in [-0.4, -0.2) is 20.8 Å². The molecule has 0 amide bonds. The summed E-state index contributed by atoms with van der Waals surface area (Å²) in [5.74, 6) is 0.550. The van der Waals surface area contributed by atoms with Crippen LogP contribution in [0, 0.1) is 13.8 Å². The molecule has 19 heavy (non-hydrogen) atoms. The van der Waals surface area contributed by atoms with Crippen molar-refractivity contribution < 1.29 is 9.32 Å². The van der Waals surface area contributed by atoms with Gasteiger partial charge in [-0.2, -0.15) is 5.10 Å². The molecule has 3 aromatic rings. The third-order valence-electron chi connectivity index (χ3n) is 3.20. The van der Waals surface area contributed by atoms with E-state index in [4.69, 9.17) is 4.52 Å². The fraction of sp³-hybridized carbons (Fsp3) is 0.214. The first-order chi connectivity index (χ1) is 9.09. The lowest BCUT2D eigenvalue weighted by atomic mass is 10.1. The monoisotopic (exact) mass is 255 g/mol. The highest BCUT2D eigenvalue weighted by Gasteiger charge is 2.21. The highest BCUT2D eigenvalue weighted by Crippen LogP contribution is 2.32. The Morgan fingerprint density at radius 1 is 1.26 bits per heavy atom. The minimum atomic E-state index is -0.115. The highest BCUT2D eigenvalue weighted by atomic mass is 16.5. The standard InChI is InChI=1S/C14H13N3O2/c1-8-13(9(2)17(15-8)10(3)18)14-11-6-4-5-7-12(11)16-19-14/h4-7H,1-3H3. The fourth-order valence-electron chi connectivity index (χ4n) is 2.35. The minimum absolute atomic E-state index is 0.115. The molecule has 5 heteroatoms. The summed E-state index contributed by atoms with van der Waals surface area (Å²) in [6.07, 6.45) is 0. The van der Waals surface area contributed by atoms with Crippen molar-refractivity contribution in [3.05, 3.63) is 35.7 Å². The van der Waals surface area contributed by atoms with Crippen LogP contribution in [0.1, 0.15) is 23.1 Å². The van der Waals surface area contributed by atoms with E-state index < -0.39 is 0 Å². The summed E-state index contributed by atoms with van der Waals surface area (Å²) in [6.45, 7) is 5.20. The lowest BCUT2D eigenvalue weighted by molar-refractivity contribution is 0.0918. The molecule has 1 aromatic carbocycles. The highest BCUT2D eigenvalue weighted by molar-refractivity contribution is 5.93. The van der Waals surface area contributed by atoms with Crippen LogP contribution in [0.3, 0.4) is 0 Å². The topological polar surface area (TPSA) is 60.9 Å². The molecule has 0 unspecified atom stereocenters. The van der Waals surface area contributed by atoms with Crippen molar-refractivity contribution in [3.63, 3.8) is 0 Å². The van der Waals surface area contributed by atoms with Crippen LogP contribution in [0.5, 0.6) is 0 Å². The Morgan fingerprint density at radius 2 is 2.00 bits per heavy atom. The van der Waals surface area contributed by atoms with Gasteiger partial charge in [0.15, 0.2) is 5.76 Å². The van der Waals surface area contributed by atoms with Gasteiger partial charge in [-0.1, -0.05) is 17.3 Å². The molecular formula is C14H13N3O2. The predicted octanol–water partition coefficient (Wildman–Crippen LogP) is 2.97. The second-order valence-corrected chi connectivity index (χ2v) is 4.51. The zero-order chi connectivity index (χ0) is 13.6. The SMILES string of the molecule is CC(=O)n1nc(C)c(-c2onc3ccccc23)c1C. The molecule has 96 valence electrons. The van der Waals surface area contributed by atoms with Crippen molar-refractivity contribution in [1.82, 2.24) is 14.9 Å². The molecular weight excluding hydrogens is 242 g/mol. The van der Waals surface area contributed by atoms with Gasteiger partial charge >= 0.3 is 0 Å². The first-order valence-corrected chi connectivity index (χ1v) is 6.01. The number of carbonyl (C=O) groups excluding carboxylic acids is 1. The van der Waals surface area contributed by atoms with Crippen LogP contribution < -0.4 is 0 Å². The summed E-state index contributed by atoms with van der Waals surface area (Å²) in [5.41, 5.74) is 3.16. The zero-order valence-electron chi connectivity index (χ0n) is 11.0. The quantitative estimate of drug-likeness (QED) is 0.670. The maximum atomic E-state index is 11.5. The van der Waals surface area contributed by atoms with Crippen LogP contribution in [0.15, 0.2) is 28.8 Å². The molecule has 0 bridgehead atoms. The number of carbonyl (C=O) groups is 1. The fourth-order valence-corrected chi connectivity index (χ4v) is 2.35. The van der Waals surface area contributed by atoms with E-state index in [1.165, 1.54) is 11.6 Å². The Kier molecular flexibility index (Phi) is 2.48. The number of nitrogens with zero attached hydrogens (tertiary/aromatic N) is 3. The summed E-state index contributed by atoms with van der Waals surface area (Å²) in [6, 6.07) is 7.68. The van der Waals surface area contributed by atoms with Gasteiger partial charge in [0.2, 0.25) is 5.91 Å². The van der Waals surface area contributed by atoms with Crippen LogP contribution in [0.2, 0.25) is 0 Å². The van der Waals surface area contributed by atoms with E-state index in [-0.39, 0.29) is 5.91 Å². The van der Waals surface area contributed by atoms with Gasteiger partial charge in [-0.3, -0.25) is 4.79 Å². The van der Waals surface area contributed by atoms with Crippen molar-refractivity contribution in [2.75, 3.05) is 0 Å². The molecule has 0 saturated carbocycles. The smallest absolute Gasteiger partial charge is 0.243 e. The number of aromatic nitrogens is 3. The zero-order valence-corrected chi connectivity index (χ0v) is 11.0. The summed E-state index contributed by atoms with van der Waals surface area (Å²) < 4.78 is 6.83. The van der Waals surface area contributed by atoms with E-state index >= 15 is 0 Å². The van der Waals surface area contributed by atoms with Gasteiger partial charge in [0.25, 0.3) is 0 Å². The maximum Gasteiger partial charge on any atom is 0.243 e. The van der Waals surface area contributed by atoms with Gasteiger partial charge in [-0.15, -0.1) is 0 Å². The number of benzene rings is 1. The van der Waals surface area contributed by atoms with E-state index in [0.29, 0.717) is 5.76 Å². The molecule has 2 aromatic heterocycles. The van der Waals surface area contributed by atoms with Gasteiger partial charge in [0, 0.05) is 12.3 Å². The van der Waals surface area contributed by atoms with E-state index in [2.05, 4.69) is 10.3 Å². The van der Waals surface area contributed by atoms with Crippen molar-refractivity contribution in [2.45, 2.75) is 20.8 Å². The molecule has 0 aliphatic carbocycles. The number of hydrogen-bond donors (Lipinski definition) is 0. The maximum absolute atomic E-state index is 11.5. The summed E-state index contributed by atoms with van der Waals surface area (Å²) >= 11 is 0. The molecule has 0 fully saturated rings. The van der Waals surface area contributed by atoms with Crippen molar-refractivity contribution in [2.24, 2.45) is 0 Å². The second-order valence-electron chi connectivity index (χ2n) is 4.51. The van der Waals surface area contributed by atoms with E-state index in [9.17, 15) is 4.79 Å². The van der Waals surface area contributed by atoms with E-state index in [0.717, 1.165) is 27.9 Å². The lowest BCUT2D eigenvalue weighted by Crippen LogP contribution is -2.09. The largest absolute Gasteiger partial charge is 0.355 e. The molecule has 2 heterocycles. The number of fused-ring (bicyclic) bond motifs is 1. The van der Waals surface area contributed by atoms with E-state index in [1.807, 2.05) is 38.1 Å². The minimum Gasteiger partial charge on any atom is -0.355 e. The average Bonchev–Trinajstić information content (AvgIpc) is 2.91. The van der Waals surface area contributed by atoms with Gasteiger partial charge in [0.1, 0.15) is 5.52 Å². The molecule has 5 nitrogen and oxygen atoms in total. The molecule has 0 radical (unpaired) electrons. The van der Waals surface area contributed by atoms with Crippen LogP contribution in [-0.2, 0) is 0 Å². The second kappa shape index (κ2) is 4.05. The molecule has 0 spiro atoms. The van der Waals surface area contributed by atoms with Crippen LogP contribution in [0.25, 0.3) is 22.2 Å². The molecule has 0 saturated heterocycles. The number of hydrogen-bond acceptors (Lipinski definition) is 4. The van der Waals surface area contributed by atoms with Crippen LogP contribution >= 0.6 is 0 Å². The lowest BCUT2D eigenvalue weighted by Gasteiger charge is -1.99. The molecule has 3 rings (SSSR count). The van der Waals surface area contributed by atoms with Gasteiger partial charge in [0.05, 0.1) is 17.0 Å². The summed E-state index contributed by atoms with van der Waals surface area (Å²) in [4.78, 5) is 11.5. The molecule has 0 N–H and O–H groups in total. The Hall–Kier alpha value is -2.43. The first kappa shape index (κ1) is 11.6. The van der Waals surface area contributed by atoms with Crippen LogP contribution in [0.4, 0.5) is 0 Å². The Morgan fingerprint density at radius 3 is 2.68 bits per heavy atom. The predicted molar refractivity (Wildman–Crippen MR) is 71.0 cm³/mol. The Balaban J connectivity index is 2.30. The number of rotatable bonds is 1. The number of aryl methyl sites for hydroxylation is 1. The molecule has 0 atom stereocenters. The van der Waals surface area contributed by atoms with Gasteiger partial charge in [-0.25, -0.2) is 4.68 Å². The average molecular weight is 255 g/mol. The summed E-state index contributed by atoms with van der Waals surface area (Å²) in [5, 5.41) is 9.21. The first-order valence-electron chi connectivity index (χ1n) is 6.01. The van der Waals surface area contributed by atoms with Crippen molar-refractivity contribution in [1.29, 1.82) is 0 Å². The third-order valence-corrected chi connectivity index (χ3v) is 3.20. The summed E-state index contributed by atoms with van der Waals surface area (Å²) in [7, 11) is 0. The van der Waals surface area contributed by atoms with Gasteiger partial charge < -0.3 is 4.52 Å². The van der Waals surface area contributed by atoms with E-state index in [1.54, 1.807) is 0 Å². The molecule has 0 aliphatic heterocycles. The third kappa shape index (κ3) is 1.66. The van der Waals surface area contributed by atoms with Crippen molar-refractivity contribution in [3.8, 4) is 11.3 Å². The Bertz CT molecular complexity index is 783. The Labute approximate surface area is 109 Å². The molecule has 0 aliphatic rings. The van der Waals surface area contributed by atoms with Crippen molar-refractivity contribution >= 4 is 16.8 Å². The van der Waals surface area contributed by atoms with Gasteiger partial charge in [-0.05, 0) is 26.0 Å². The normalized spacial score (nSPS) is 11.1.